The first kappa shape index (κ1) is 17.4. The molecule has 0 unspecified atom stereocenters. The van der Waals surface area contributed by atoms with E-state index in [1.165, 1.54) is 5.01 Å². The van der Waals surface area contributed by atoms with E-state index >= 15 is 0 Å². The Morgan fingerprint density at radius 3 is 2.40 bits per heavy atom. The highest BCUT2D eigenvalue weighted by Crippen LogP contribution is 2.33. The van der Waals surface area contributed by atoms with Crippen molar-refractivity contribution in [3.05, 3.63) is 70.2 Å². The highest BCUT2D eigenvalue weighted by Gasteiger charge is 2.32. The van der Waals surface area contributed by atoms with Crippen LogP contribution in [0.1, 0.15) is 36.4 Å². The van der Waals surface area contributed by atoms with E-state index in [0.29, 0.717) is 6.42 Å². The zero-order valence-electron chi connectivity index (χ0n) is 13.4. The van der Waals surface area contributed by atoms with Crippen LogP contribution in [0.5, 0.6) is 0 Å². The molecule has 5 nitrogen and oxygen atoms in total. The van der Waals surface area contributed by atoms with Crippen molar-refractivity contribution in [2.45, 2.75) is 25.3 Å². The molecule has 1 aliphatic rings. The van der Waals surface area contributed by atoms with Crippen LogP contribution in [0.2, 0.25) is 0 Å². The second-order valence-corrected chi connectivity index (χ2v) is 6.73. The van der Waals surface area contributed by atoms with E-state index in [4.69, 9.17) is 5.11 Å². The molecule has 0 fully saturated rings. The fourth-order valence-electron chi connectivity index (χ4n) is 2.82. The Hall–Kier alpha value is -2.47. The van der Waals surface area contributed by atoms with E-state index in [-0.39, 0.29) is 24.8 Å². The van der Waals surface area contributed by atoms with Gasteiger partial charge >= 0.3 is 5.97 Å². The minimum absolute atomic E-state index is 0.0616. The molecule has 0 aromatic heterocycles. The van der Waals surface area contributed by atoms with Gasteiger partial charge in [0.05, 0.1) is 18.2 Å². The summed E-state index contributed by atoms with van der Waals surface area (Å²) in [6, 6.07) is 17.3. The van der Waals surface area contributed by atoms with Gasteiger partial charge in [-0.1, -0.05) is 58.4 Å². The number of hydrogen-bond donors (Lipinski definition) is 1. The molecule has 0 saturated heterocycles. The Kier molecular flexibility index (Phi) is 5.28. The van der Waals surface area contributed by atoms with Gasteiger partial charge in [-0.3, -0.25) is 9.59 Å². The van der Waals surface area contributed by atoms with Gasteiger partial charge in [-0.25, -0.2) is 5.01 Å². The zero-order chi connectivity index (χ0) is 17.8. The number of benzene rings is 2. The summed E-state index contributed by atoms with van der Waals surface area (Å²) in [4.78, 5) is 23.3. The number of amides is 1. The smallest absolute Gasteiger partial charge is 0.303 e. The SMILES string of the molecule is O=C(O)CCC(=O)N1N=C(c2ccccc2)C[C@@H]1c1ccc(Br)cc1. The molecule has 3 rings (SSSR count). The number of nitrogens with zero attached hydrogens (tertiary/aromatic N) is 2. The third-order valence-electron chi connectivity index (χ3n) is 4.08. The van der Waals surface area contributed by atoms with Crippen molar-refractivity contribution in [3.8, 4) is 0 Å². The van der Waals surface area contributed by atoms with E-state index in [9.17, 15) is 9.59 Å². The van der Waals surface area contributed by atoms with Crippen LogP contribution in [0.4, 0.5) is 0 Å². The number of aliphatic carboxylic acids is 1. The lowest BCUT2D eigenvalue weighted by molar-refractivity contribution is -0.141. The fraction of sp³-hybridized carbons (Fsp3) is 0.211. The number of hydrazone groups is 1. The molecule has 2 aromatic carbocycles. The average molecular weight is 401 g/mol. The maximum Gasteiger partial charge on any atom is 0.303 e. The Labute approximate surface area is 154 Å². The molecule has 0 spiro atoms. The van der Waals surface area contributed by atoms with Gasteiger partial charge in [-0.05, 0) is 23.3 Å². The molecule has 0 aliphatic carbocycles. The van der Waals surface area contributed by atoms with E-state index in [2.05, 4.69) is 21.0 Å². The summed E-state index contributed by atoms with van der Waals surface area (Å²) in [7, 11) is 0. The van der Waals surface area contributed by atoms with Gasteiger partial charge in [0.15, 0.2) is 0 Å². The zero-order valence-corrected chi connectivity index (χ0v) is 15.0. The molecular weight excluding hydrogens is 384 g/mol. The minimum atomic E-state index is -0.986. The summed E-state index contributed by atoms with van der Waals surface area (Å²) in [6.07, 6.45) is 0.344. The van der Waals surface area contributed by atoms with Crippen molar-refractivity contribution in [2.75, 3.05) is 0 Å². The van der Waals surface area contributed by atoms with Gasteiger partial charge in [-0.2, -0.15) is 5.10 Å². The number of hydrogen-bond acceptors (Lipinski definition) is 3. The van der Waals surface area contributed by atoms with Gasteiger partial charge in [0.1, 0.15) is 0 Å². The molecule has 1 atom stereocenters. The molecule has 1 amide bonds. The maximum atomic E-state index is 12.5. The lowest BCUT2D eigenvalue weighted by Crippen LogP contribution is -2.27. The number of carbonyl (C=O) groups excluding carboxylic acids is 1. The standard InChI is InChI=1S/C19H17BrN2O3/c20-15-8-6-14(7-9-15)17-12-16(13-4-2-1-3-5-13)21-22(17)18(23)10-11-19(24)25/h1-9,17H,10-12H2,(H,24,25)/t17-/m1/s1. The number of halogens is 1. The topological polar surface area (TPSA) is 70.0 Å². The summed E-state index contributed by atoms with van der Waals surface area (Å²) in [5, 5.41) is 14.8. The lowest BCUT2D eigenvalue weighted by Gasteiger charge is -2.22. The van der Waals surface area contributed by atoms with Crippen LogP contribution in [0, 0.1) is 0 Å². The van der Waals surface area contributed by atoms with Gasteiger partial charge < -0.3 is 5.11 Å². The van der Waals surface area contributed by atoms with Crippen molar-refractivity contribution in [2.24, 2.45) is 5.10 Å². The normalized spacial score (nSPS) is 16.6. The van der Waals surface area contributed by atoms with Crippen LogP contribution in [0.15, 0.2) is 64.2 Å². The number of carboxylic acids is 1. The maximum absolute atomic E-state index is 12.5. The largest absolute Gasteiger partial charge is 0.481 e. The molecule has 128 valence electrons. The molecule has 1 aliphatic heterocycles. The van der Waals surface area contributed by atoms with Crippen LogP contribution in [-0.4, -0.2) is 27.7 Å². The Morgan fingerprint density at radius 1 is 1.08 bits per heavy atom. The second-order valence-electron chi connectivity index (χ2n) is 5.82. The van der Waals surface area contributed by atoms with E-state index in [1.54, 1.807) is 0 Å². The lowest BCUT2D eigenvalue weighted by atomic mass is 9.98. The summed E-state index contributed by atoms with van der Waals surface area (Å²) >= 11 is 3.41. The second kappa shape index (κ2) is 7.61. The Balaban J connectivity index is 1.89. The van der Waals surface area contributed by atoms with Crippen molar-refractivity contribution >= 4 is 33.5 Å². The molecule has 1 N–H and O–H groups in total. The average Bonchev–Trinajstić information content (AvgIpc) is 3.06. The Morgan fingerprint density at radius 2 is 1.76 bits per heavy atom. The van der Waals surface area contributed by atoms with E-state index in [1.807, 2.05) is 54.6 Å². The van der Waals surface area contributed by atoms with E-state index in [0.717, 1.165) is 21.3 Å². The first-order valence-corrected chi connectivity index (χ1v) is 8.76. The highest BCUT2D eigenvalue weighted by atomic mass is 79.9. The van der Waals surface area contributed by atoms with Gasteiger partial charge in [0, 0.05) is 17.3 Å². The van der Waals surface area contributed by atoms with Gasteiger partial charge in [0.2, 0.25) is 5.91 Å². The first-order chi connectivity index (χ1) is 12.0. The van der Waals surface area contributed by atoms with Crippen molar-refractivity contribution in [1.82, 2.24) is 5.01 Å². The molecule has 0 radical (unpaired) electrons. The van der Waals surface area contributed by atoms with Crippen LogP contribution in [0.25, 0.3) is 0 Å². The van der Waals surface area contributed by atoms with Gasteiger partial charge in [-0.15, -0.1) is 0 Å². The molecular formula is C19H17BrN2O3. The summed E-state index contributed by atoms with van der Waals surface area (Å²) in [6.45, 7) is 0. The first-order valence-electron chi connectivity index (χ1n) is 7.97. The van der Waals surface area contributed by atoms with Crippen LogP contribution < -0.4 is 0 Å². The fourth-order valence-corrected chi connectivity index (χ4v) is 3.08. The number of rotatable bonds is 5. The van der Waals surface area contributed by atoms with Crippen molar-refractivity contribution in [1.29, 1.82) is 0 Å². The highest BCUT2D eigenvalue weighted by molar-refractivity contribution is 9.10. The van der Waals surface area contributed by atoms with E-state index < -0.39 is 5.97 Å². The van der Waals surface area contributed by atoms with Crippen molar-refractivity contribution < 1.29 is 14.7 Å². The number of carboxylic acid groups (broad SMARTS) is 1. The Bertz CT molecular complexity index is 803. The summed E-state index contributed by atoms with van der Waals surface area (Å²) in [5.74, 6) is -1.26. The quantitative estimate of drug-likeness (QED) is 0.824. The van der Waals surface area contributed by atoms with Crippen LogP contribution in [0.3, 0.4) is 0 Å². The minimum Gasteiger partial charge on any atom is -0.481 e. The summed E-state index contributed by atoms with van der Waals surface area (Å²) in [5.41, 5.74) is 2.77. The molecule has 0 bridgehead atoms. The third-order valence-corrected chi connectivity index (χ3v) is 4.61. The molecule has 0 saturated carbocycles. The molecule has 25 heavy (non-hydrogen) atoms. The number of carbonyl (C=O) groups is 2. The summed E-state index contributed by atoms with van der Waals surface area (Å²) < 4.78 is 0.960. The van der Waals surface area contributed by atoms with Crippen LogP contribution >= 0.6 is 15.9 Å². The molecule has 1 heterocycles. The molecule has 2 aromatic rings. The monoisotopic (exact) mass is 400 g/mol. The predicted molar refractivity (Wildman–Crippen MR) is 98.2 cm³/mol. The van der Waals surface area contributed by atoms with Crippen LogP contribution in [-0.2, 0) is 9.59 Å². The third kappa shape index (κ3) is 4.14. The van der Waals surface area contributed by atoms with Crippen molar-refractivity contribution in [3.63, 3.8) is 0 Å². The van der Waals surface area contributed by atoms with Gasteiger partial charge in [0.25, 0.3) is 0 Å². The molecule has 6 heteroatoms. The predicted octanol–water partition coefficient (Wildman–Crippen LogP) is 3.99.